The third-order valence-electron chi connectivity index (χ3n) is 3.48. The first-order valence-electron chi connectivity index (χ1n) is 7.10. The van der Waals surface area contributed by atoms with E-state index in [1.54, 1.807) is 7.11 Å². The summed E-state index contributed by atoms with van der Waals surface area (Å²) in [6, 6.07) is 17.0. The largest absolute Gasteiger partial charge is 0.381 e. The van der Waals surface area contributed by atoms with Crippen LogP contribution in [-0.4, -0.2) is 7.11 Å². The van der Waals surface area contributed by atoms with E-state index in [0.29, 0.717) is 12.5 Å². The molecule has 0 radical (unpaired) electrons. The predicted molar refractivity (Wildman–Crippen MR) is 85.0 cm³/mol. The number of benzene rings is 2. The number of ether oxygens (including phenoxy) is 1. The lowest BCUT2D eigenvalue weighted by Gasteiger charge is -2.12. The third kappa shape index (κ3) is 3.84. The summed E-state index contributed by atoms with van der Waals surface area (Å²) in [5.41, 5.74) is 5.04. The van der Waals surface area contributed by atoms with Crippen molar-refractivity contribution in [2.75, 3.05) is 12.4 Å². The van der Waals surface area contributed by atoms with E-state index in [1.807, 2.05) is 0 Å². The van der Waals surface area contributed by atoms with Gasteiger partial charge in [0.05, 0.1) is 6.61 Å². The summed E-state index contributed by atoms with van der Waals surface area (Å²) < 4.78 is 5.23. The maximum Gasteiger partial charge on any atom is 0.0716 e. The fraction of sp³-hybridized carbons (Fsp3) is 0.333. The first kappa shape index (κ1) is 14.6. The molecule has 0 aliphatic rings. The lowest BCUT2D eigenvalue weighted by Crippen LogP contribution is -2.03. The smallest absolute Gasteiger partial charge is 0.0716 e. The van der Waals surface area contributed by atoms with Gasteiger partial charge < -0.3 is 10.1 Å². The van der Waals surface area contributed by atoms with E-state index in [-0.39, 0.29) is 0 Å². The van der Waals surface area contributed by atoms with Gasteiger partial charge in [-0.05, 0) is 34.7 Å². The van der Waals surface area contributed by atoms with Crippen molar-refractivity contribution in [1.82, 2.24) is 0 Å². The normalized spacial score (nSPS) is 10.8. The van der Waals surface area contributed by atoms with Crippen molar-refractivity contribution in [3.05, 3.63) is 65.2 Å². The number of nitrogens with one attached hydrogen (secondary N) is 1. The van der Waals surface area contributed by atoms with E-state index in [2.05, 4.69) is 67.7 Å². The second kappa shape index (κ2) is 7.11. The standard InChI is InChI=1S/C18H23NO/c1-14(2)15-8-10-18(11-9-15)19-12-16-6-4-5-7-17(16)13-20-3/h4-11,14,19H,12-13H2,1-3H3. The van der Waals surface area contributed by atoms with E-state index < -0.39 is 0 Å². The van der Waals surface area contributed by atoms with Crippen LogP contribution in [0.15, 0.2) is 48.5 Å². The molecule has 0 spiro atoms. The van der Waals surface area contributed by atoms with Gasteiger partial charge in [0.1, 0.15) is 0 Å². The van der Waals surface area contributed by atoms with Crippen molar-refractivity contribution in [2.24, 2.45) is 0 Å². The summed E-state index contributed by atoms with van der Waals surface area (Å²) in [6.07, 6.45) is 0. The highest BCUT2D eigenvalue weighted by Crippen LogP contribution is 2.18. The third-order valence-corrected chi connectivity index (χ3v) is 3.48. The van der Waals surface area contributed by atoms with Gasteiger partial charge in [0.25, 0.3) is 0 Å². The van der Waals surface area contributed by atoms with Crippen molar-refractivity contribution < 1.29 is 4.74 Å². The van der Waals surface area contributed by atoms with Crippen molar-refractivity contribution in [3.8, 4) is 0 Å². The van der Waals surface area contributed by atoms with Crippen LogP contribution < -0.4 is 5.32 Å². The minimum atomic E-state index is 0.575. The molecule has 106 valence electrons. The van der Waals surface area contributed by atoms with Gasteiger partial charge in [-0.25, -0.2) is 0 Å². The van der Waals surface area contributed by atoms with Crippen molar-refractivity contribution in [3.63, 3.8) is 0 Å². The van der Waals surface area contributed by atoms with E-state index >= 15 is 0 Å². The van der Waals surface area contributed by atoms with Crippen LogP contribution in [0.2, 0.25) is 0 Å². The van der Waals surface area contributed by atoms with Gasteiger partial charge in [0, 0.05) is 19.3 Å². The first-order valence-corrected chi connectivity index (χ1v) is 7.10. The Morgan fingerprint density at radius 2 is 1.60 bits per heavy atom. The summed E-state index contributed by atoms with van der Waals surface area (Å²) in [6.45, 7) is 5.90. The van der Waals surface area contributed by atoms with E-state index in [0.717, 1.165) is 12.2 Å². The molecular weight excluding hydrogens is 246 g/mol. The second-order valence-electron chi connectivity index (χ2n) is 5.33. The molecule has 2 aromatic rings. The number of rotatable bonds is 6. The fourth-order valence-corrected chi connectivity index (χ4v) is 2.21. The molecule has 2 heteroatoms. The molecule has 1 N–H and O–H groups in total. The van der Waals surface area contributed by atoms with E-state index in [1.165, 1.54) is 16.7 Å². The van der Waals surface area contributed by atoms with E-state index in [9.17, 15) is 0 Å². The molecule has 2 aromatic carbocycles. The molecule has 0 heterocycles. The highest BCUT2D eigenvalue weighted by Gasteiger charge is 2.02. The maximum absolute atomic E-state index is 5.23. The molecule has 0 saturated heterocycles. The topological polar surface area (TPSA) is 21.3 Å². The number of methoxy groups -OCH3 is 1. The van der Waals surface area contributed by atoms with Gasteiger partial charge in [-0.15, -0.1) is 0 Å². The van der Waals surface area contributed by atoms with Gasteiger partial charge >= 0.3 is 0 Å². The Hall–Kier alpha value is -1.80. The van der Waals surface area contributed by atoms with Gasteiger partial charge in [0.2, 0.25) is 0 Å². The van der Waals surface area contributed by atoms with Gasteiger partial charge in [0.15, 0.2) is 0 Å². The van der Waals surface area contributed by atoms with Gasteiger partial charge in [-0.2, -0.15) is 0 Å². The Kier molecular flexibility index (Phi) is 5.19. The molecule has 0 saturated carbocycles. The van der Waals surface area contributed by atoms with Crippen LogP contribution in [0.25, 0.3) is 0 Å². The number of hydrogen-bond donors (Lipinski definition) is 1. The summed E-state index contributed by atoms with van der Waals surface area (Å²) in [7, 11) is 1.73. The fourth-order valence-electron chi connectivity index (χ4n) is 2.21. The van der Waals surface area contributed by atoms with Crippen LogP contribution in [0.5, 0.6) is 0 Å². The molecule has 0 aromatic heterocycles. The molecule has 0 unspecified atom stereocenters. The van der Waals surface area contributed by atoms with Crippen molar-refractivity contribution in [2.45, 2.75) is 32.9 Å². The molecule has 0 aliphatic heterocycles. The van der Waals surface area contributed by atoms with E-state index in [4.69, 9.17) is 4.74 Å². The zero-order valence-corrected chi connectivity index (χ0v) is 12.5. The summed E-state index contributed by atoms with van der Waals surface area (Å²) in [5, 5.41) is 3.47. The summed E-state index contributed by atoms with van der Waals surface area (Å²) in [5.74, 6) is 0.575. The minimum Gasteiger partial charge on any atom is -0.381 e. The number of hydrogen-bond acceptors (Lipinski definition) is 2. The van der Waals surface area contributed by atoms with Crippen molar-refractivity contribution >= 4 is 5.69 Å². The maximum atomic E-state index is 5.23. The molecule has 0 fully saturated rings. The minimum absolute atomic E-state index is 0.575. The molecule has 0 aliphatic carbocycles. The highest BCUT2D eigenvalue weighted by atomic mass is 16.5. The van der Waals surface area contributed by atoms with Gasteiger partial charge in [-0.3, -0.25) is 0 Å². The van der Waals surface area contributed by atoms with Gasteiger partial charge in [-0.1, -0.05) is 50.2 Å². The Balaban J connectivity index is 2.01. The lowest BCUT2D eigenvalue weighted by molar-refractivity contribution is 0.184. The van der Waals surface area contributed by atoms with Crippen LogP contribution in [-0.2, 0) is 17.9 Å². The Bertz CT molecular complexity index is 531. The lowest BCUT2D eigenvalue weighted by atomic mass is 10.0. The zero-order valence-electron chi connectivity index (χ0n) is 12.5. The quantitative estimate of drug-likeness (QED) is 0.829. The molecule has 0 atom stereocenters. The average molecular weight is 269 g/mol. The summed E-state index contributed by atoms with van der Waals surface area (Å²) >= 11 is 0. The molecule has 0 amide bonds. The molecule has 2 rings (SSSR count). The molecule has 0 bridgehead atoms. The van der Waals surface area contributed by atoms with Crippen LogP contribution in [0.3, 0.4) is 0 Å². The average Bonchev–Trinajstić information content (AvgIpc) is 2.47. The molecule has 2 nitrogen and oxygen atoms in total. The predicted octanol–water partition coefficient (Wildman–Crippen LogP) is 4.57. The number of anilines is 1. The Labute approximate surface area is 121 Å². The first-order chi connectivity index (χ1) is 9.70. The Morgan fingerprint density at radius 3 is 2.20 bits per heavy atom. The van der Waals surface area contributed by atoms with Crippen LogP contribution >= 0.6 is 0 Å². The SMILES string of the molecule is COCc1ccccc1CNc1ccc(C(C)C)cc1. The molecule has 20 heavy (non-hydrogen) atoms. The van der Waals surface area contributed by atoms with Crippen LogP contribution in [0.4, 0.5) is 5.69 Å². The summed E-state index contributed by atoms with van der Waals surface area (Å²) in [4.78, 5) is 0. The Morgan fingerprint density at radius 1 is 0.950 bits per heavy atom. The van der Waals surface area contributed by atoms with Crippen LogP contribution in [0.1, 0.15) is 36.5 Å². The highest BCUT2D eigenvalue weighted by molar-refractivity contribution is 5.46. The second-order valence-corrected chi connectivity index (χ2v) is 5.33. The monoisotopic (exact) mass is 269 g/mol. The van der Waals surface area contributed by atoms with Crippen LogP contribution in [0, 0.1) is 0 Å². The zero-order chi connectivity index (χ0) is 14.4. The molecular formula is C18H23NO. The van der Waals surface area contributed by atoms with Crippen molar-refractivity contribution in [1.29, 1.82) is 0 Å².